The number of nitrogens with zero attached hydrogens (tertiary/aromatic N) is 2. The molecule has 0 aliphatic rings. The van der Waals surface area contributed by atoms with E-state index in [9.17, 15) is 0 Å². The van der Waals surface area contributed by atoms with Gasteiger partial charge >= 0.3 is 0 Å². The molecule has 0 saturated carbocycles. The van der Waals surface area contributed by atoms with Crippen LogP contribution in [-0.2, 0) is 12.8 Å². The van der Waals surface area contributed by atoms with Crippen molar-refractivity contribution in [1.82, 2.24) is 10.2 Å². The fraction of sp³-hybridized carbons (Fsp3) is 0.200. The summed E-state index contributed by atoms with van der Waals surface area (Å²) in [6.45, 7) is 0. The molecule has 1 heterocycles. The van der Waals surface area contributed by atoms with Crippen LogP contribution in [0.25, 0.3) is 10.8 Å². The van der Waals surface area contributed by atoms with Crippen molar-refractivity contribution in [2.45, 2.75) is 12.8 Å². The molecule has 0 unspecified atom stereocenters. The summed E-state index contributed by atoms with van der Waals surface area (Å²) in [6, 6.07) is 14.9. The summed E-state index contributed by atoms with van der Waals surface area (Å²) in [6.07, 6.45) is 1.64. The van der Waals surface area contributed by atoms with Crippen molar-refractivity contribution in [2.24, 2.45) is 0 Å². The van der Waals surface area contributed by atoms with Crippen LogP contribution in [0.15, 0.2) is 42.5 Å². The molecule has 0 atom stereocenters. The minimum absolute atomic E-state index is 0.602. The first-order valence-electron chi connectivity index (χ1n) is 6.20. The standard InChI is InChI=1S/C15H13ClN2S/c16-8-7-14-17-18-15(19-14)10-11-5-6-12-3-1-2-4-13(12)9-11/h1-6,9H,7-8,10H2. The maximum atomic E-state index is 5.71. The lowest BCUT2D eigenvalue weighted by atomic mass is 10.1. The Morgan fingerprint density at radius 3 is 2.58 bits per heavy atom. The SMILES string of the molecule is ClCCc1nnc(Cc2ccc3ccccc3c2)s1. The fourth-order valence-electron chi connectivity index (χ4n) is 2.07. The second-order valence-corrected chi connectivity index (χ2v) is 5.91. The van der Waals surface area contributed by atoms with E-state index in [2.05, 4.69) is 52.7 Å². The Bertz CT molecular complexity index is 693. The quantitative estimate of drug-likeness (QED) is 0.677. The average Bonchev–Trinajstić information content (AvgIpc) is 2.86. The van der Waals surface area contributed by atoms with Gasteiger partial charge in [0.1, 0.15) is 10.0 Å². The molecule has 0 bridgehead atoms. The zero-order valence-electron chi connectivity index (χ0n) is 10.3. The molecule has 0 saturated heterocycles. The smallest absolute Gasteiger partial charge is 0.121 e. The van der Waals surface area contributed by atoms with Gasteiger partial charge < -0.3 is 0 Å². The van der Waals surface area contributed by atoms with Crippen molar-refractivity contribution in [3.63, 3.8) is 0 Å². The van der Waals surface area contributed by atoms with Gasteiger partial charge in [0, 0.05) is 18.7 Å². The van der Waals surface area contributed by atoms with Gasteiger partial charge in [0.25, 0.3) is 0 Å². The molecular formula is C15H13ClN2S. The van der Waals surface area contributed by atoms with E-state index in [-0.39, 0.29) is 0 Å². The van der Waals surface area contributed by atoms with E-state index in [1.807, 2.05) is 0 Å². The first kappa shape index (κ1) is 12.6. The van der Waals surface area contributed by atoms with Crippen LogP contribution in [-0.4, -0.2) is 16.1 Å². The number of hydrogen-bond donors (Lipinski definition) is 0. The summed E-state index contributed by atoms with van der Waals surface area (Å²) >= 11 is 7.36. The number of fused-ring (bicyclic) bond motifs is 1. The summed E-state index contributed by atoms with van der Waals surface area (Å²) in [4.78, 5) is 0. The van der Waals surface area contributed by atoms with E-state index in [4.69, 9.17) is 11.6 Å². The van der Waals surface area contributed by atoms with E-state index < -0.39 is 0 Å². The zero-order chi connectivity index (χ0) is 13.1. The van der Waals surface area contributed by atoms with Gasteiger partial charge in [0.15, 0.2) is 0 Å². The zero-order valence-corrected chi connectivity index (χ0v) is 11.9. The molecule has 3 rings (SSSR count). The van der Waals surface area contributed by atoms with E-state index in [1.165, 1.54) is 16.3 Å². The minimum Gasteiger partial charge on any atom is -0.144 e. The normalized spacial score (nSPS) is 11.0. The van der Waals surface area contributed by atoms with Gasteiger partial charge in [-0.25, -0.2) is 0 Å². The van der Waals surface area contributed by atoms with E-state index in [0.29, 0.717) is 5.88 Å². The van der Waals surface area contributed by atoms with Crippen molar-refractivity contribution in [3.8, 4) is 0 Å². The van der Waals surface area contributed by atoms with Gasteiger partial charge in [-0.3, -0.25) is 0 Å². The number of rotatable bonds is 4. The highest BCUT2D eigenvalue weighted by molar-refractivity contribution is 7.11. The van der Waals surface area contributed by atoms with Crippen molar-refractivity contribution >= 4 is 33.7 Å². The van der Waals surface area contributed by atoms with Crippen LogP contribution in [0.1, 0.15) is 15.6 Å². The third kappa shape index (κ3) is 2.94. The Morgan fingerprint density at radius 2 is 1.74 bits per heavy atom. The van der Waals surface area contributed by atoms with Gasteiger partial charge in [-0.05, 0) is 16.3 Å². The topological polar surface area (TPSA) is 25.8 Å². The highest BCUT2D eigenvalue weighted by Crippen LogP contribution is 2.20. The second-order valence-electron chi connectivity index (χ2n) is 4.39. The molecule has 0 spiro atoms. The summed E-state index contributed by atoms with van der Waals surface area (Å²) in [5, 5.41) is 13.0. The van der Waals surface area contributed by atoms with E-state index >= 15 is 0 Å². The third-order valence-corrected chi connectivity index (χ3v) is 4.16. The lowest BCUT2D eigenvalue weighted by Gasteiger charge is -2.01. The molecule has 0 fully saturated rings. The molecule has 2 nitrogen and oxygen atoms in total. The number of aromatic nitrogens is 2. The summed E-state index contributed by atoms with van der Waals surface area (Å²) in [5.74, 6) is 0.602. The van der Waals surface area contributed by atoms with Crippen molar-refractivity contribution < 1.29 is 0 Å². The molecule has 0 radical (unpaired) electrons. The van der Waals surface area contributed by atoms with Crippen LogP contribution in [0.3, 0.4) is 0 Å². The molecule has 2 aromatic carbocycles. The minimum atomic E-state index is 0.602. The van der Waals surface area contributed by atoms with E-state index in [0.717, 1.165) is 22.9 Å². The predicted molar refractivity (Wildman–Crippen MR) is 81.1 cm³/mol. The highest BCUT2D eigenvalue weighted by atomic mass is 35.5. The first-order valence-corrected chi connectivity index (χ1v) is 7.55. The largest absolute Gasteiger partial charge is 0.144 e. The summed E-state index contributed by atoms with van der Waals surface area (Å²) in [7, 11) is 0. The maximum Gasteiger partial charge on any atom is 0.121 e. The van der Waals surface area contributed by atoms with Gasteiger partial charge in [0.2, 0.25) is 0 Å². The first-order chi connectivity index (χ1) is 9.35. The number of aryl methyl sites for hydroxylation is 1. The third-order valence-electron chi connectivity index (χ3n) is 2.99. The summed E-state index contributed by atoms with van der Waals surface area (Å²) in [5.41, 5.74) is 1.27. The Kier molecular flexibility index (Phi) is 3.76. The number of alkyl halides is 1. The number of halogens is 1. The Hall–Kier alpha value is -1.45. The Morgan fingerprint density at radius 1 is 0.947 bits per heavy atom. The van der Waals surface area contributed by atoms with Crippen LogP contribution in [0, 0.1) is 0 Å². The highest BCUT2D eigenvalue weighted by Gasteiger charge is 2.05. The summed E-state index contributed by atoms with van der Waals surface area (Å²) < 4.78 is 0. The van der Waals surface area contributed by atoms with Crippen LogP contribution >= 0.6 is 22.9 Å². The molecular weight excluding hydrogens is 276 g/mol. The van der Waals surface area contributed by atoms with Gasteiger partial charge in [-0.1, -0.05) is 42.5 Å². The van der Waals surface area contributed by atoms with Gasteiger partial charge in [0.05, 0.1) is 0 Å². The molecule has 19 heavy (non-hydrogen) atoms. The molecule has 0 aliphatic heterocycles. The van der Waals surface area contributed by atoms with Crippen molar-refractivity contribution in [1.29, 1.82) is 0 Å². The maximum absolute atomic E-state index is 5.71. The van der Waals surface area contributed by atoms with Crippen molar-refractivity contribution in [3.05, 3.63) is 58.0 Å². The Balaban J connectivity index is 1.83. The predicted octanol–water partition coefficient (Wildman–Crippen LogP) is 4.06. The molecule has 0 amide bonds. The number of hydrogen-bond acceptors (Lipinski definition) is 3. The second kappa shape index (κ2) is 5.68. The Labute approximate surface area is 121 Å². The fourth-order valence-corrected chi connectivity index (χ4v) is 3.23. The van der Waals surface area contributed by atoms with Gasteiger partial charge in [-0.2, -0.15) is 0 Å². The van der Waals surface area contributed by atoms with Crippen LogP contribution in [0.4, 0.5) is 0 Å². The van der Waals surface area contributed by atoms with Crippen molar-refractivity contribution in [2.75, 3.05) is 5.88 Å². The lowest BCUT2D eigenvalue weighted by molar-refractivity contribution is 0.949. The molecule has 0 aliphatic carbocycles. The average molecular weight is 289 g/mol. The monoisotopic (exact) mass is 288 g/mol. The van der Waals surface area contributed by atoms with Gasteiger partial charge in [-0.15, -0.1) is 33.1 Å². The molecule has 3 aromatic rings. The van der Waals surface area contributed by atoms with Crippen LogP contribution in [0.2, 0.25) is 0 Å². The lowest BCUT2D eigenvalue weighted by Crippen LogP contribution is -1.87. The molecule has 1 aromatic heterocycles. The molecule has 4 heteroatoms. The van der Waals surface area contributed by atoms with E-state index in [1.54, 1.807) is 11.3 Å². The van der Waals surface area contributed by atoms with Crippen LogP contribution in [0.5, 0.6) is 0 Å². The van der Waals surface area contributed by atoms with Crippen LogP contribution < -0.4 is 0 Å². The number of benzene rings is 2. The molecule has 0 N–H and O–H groups in total. The molecule has 96 valence electrons.